The lowest BCUT2D eigenvalue weighted by Crippen LogP contribution is -2.13. The van der Waals surface area contributed by atoms with Gasteiger partial charge in [-0.15, -0.1) is 11.8 Å². The summed E-state index contributed by atoms with van der Waals surface area (Å²) < 4.78 is 22.8. The predicted molar refractivity (Wildman–Crippen MR) is 83.1 cm³/mol. The number of nitrogens with one attached hydrogen (secondary N) is 1. The van der Waals surface area contributed by atoms with Crippen LogP contribution in [-0.2, 0) is 10.0 Å². The van der Waals surface area contributed by atoms with Crippen molar-refractivity contribution in [3.05, 3.63) is 29.8 Å². The van der Waals surface area contributed by atoms with E-state index in [1.807, 2.05) is 6.07 Å². The van der Waals surface area contributed by atoms with Crippen LogP contribution in [0.2, 0.25) is 0 Å². The van der Waals surface area contributed by atoms with Gasteiger partial charge in [0.1, 0.15) is 16.7 Å². The number of benzene rings is 1. The van der Waals surface area contributed by atoms with E-state index in [1.165, 1.54) is 30.0 Å². The van der Waals surface area contributed by atoms with E-state index in [9.17, 15) is 8.42 Å². The number of nitrogens with two attached hydrogens (primary N) is 2. The molecule has 0 saturated carbocycles. The largest absolute Gasteiger partial charge is 0.307 e. The second-order valence-corrected chi connectivity index (χ2v) is 6.47. The zero-order valence-corrected chi connectivity index (χ0v) is 13.1. The topological polar surface area (TPSA) is 148 Å². The van der Waals surface area contributed by atoms with Crippen molar-refractivity contribution >= 4 is 27.6 Å². The Bertz CT molecular complexity index is 835. The van der Waals surface area contributed by atoms with Gasteiger partial charge in [-0.25, -0.2) is 29.4 Å². The van der Waals surface area contributed by atoms with Crippen LogP contribution in [0.25, 0.3) is 11.4 Å². The summed E-state index contributed by atoms with van der Waals surface area (Å²) in [5.74, 6) is 5.78. The predicted octanol–water partition coefficient (Wildman–Crippen LogP) is 0.670. The number of hydrogen-bond acceptors (Lipinski definition) is 8. The number of hydrazine groups is 1. The number of rotatable bonds is 4. The normalized spacial score (nSPS) is 11.0. The molecule has 0 amide bonds. The molecule has 10 heteroatoms. The van der Waals surface area contributed by atoms with Gasteiger partial charge in [-0.1, -0.05) is 12.1 Å². The standard InChI is InChI=1S/C12H12N6O2S2/c1-21-12-9(6-13)11(18-14)16-10(17-12)7-3-2-4-8(5-7)22(15,19)20/h2-5H,14H2,1H3,(H2,15,19,20)(H,16,17,18). The van der Waals surface area contributed by atoms with E-state index in [4.69, 9.17) is 16.2 Å². The third-order valence-electron chi connectivity index (χ3n) is 2.74. The number of anilines is 1. The summed E-state index contributed by atoms with van der Waals surface area (Å²) in [6.45, 7) is 0. The summed E-state index contributed by atoms with van der Waals surface area (Å²) in [5.41, 5.74) is 3.02. The van der Waals surface area contributed by atoms with Gasteiger partial charge in [0, 0.05) is 5.56 Å². The molecular formula is C12H12N6O2S2. The summed E-state index contributed by atoms with van der Waals surface area (Å²) in [4.78, 5) is 8.36. The Kier molecular flexibility index (Phi) is 4.62. The summed E-state index contributed by atoms with van der Waals surface area (Å²) in [6, 6.07) is 7.89. The first kappa shape index (κ1) is 16.2. The minimum absolute atomic E-state index is 0.0501. The minimum Gasteiger partial charge on any atom is -0.307 e. The molecule has 2 rings (SSSR count). The van der Waals surface area contributed by atoms with Gasteiger partial charge in [0.25, 0.3) is 0 Å². The van der Waals surface area contributed by atoms with Gasteiger partial charge in [0.15, 0.2) is 11.6 Å². The number of sulfonamides is 1. The fourth-order valence-corrected chi connectivity index (χ4v) is 2.82. The van der Waals surface area contributed by atoms with Crippen molar-refractivity contribution in [2.75, 3.05) is 11.7 Å². The van der Waals surface area contributed by atoms with Gasteiger partial charge < -0.3 is 5.43 Å². The fourth-order valence-electron chi connectivity index (χ4n) is 1.73. The van der Waals surface area contributed by atoms with Crippen LogP contribution in [0.1, 0.15) is 5.56 Å². The first-order valence-corrected chi connectivity index (χ1v) is 8.63. The molecule has 0 aliphatic heterocycles. The molecule has 0 atom stereocenters. The second kappa shape index (κ2) is 6.29. The van der Waals surface area contributed by atoms with Crippen molar-refractivity contribution < 1.29 is 8.42 Å². The van der Waals surface area contributed by atoms with E-state index >= 15 is 0 Å². The Morgan fingerprint density at radius 1 is 1.36 bits per heavy atom. The number of aromatic nitrogens is 2. The lowest BCUT2D eigenvalue weighted by Gasteiger charge is -2.09. The lowest BCUT2D eigenvalue weighted by molar-refractivity contribution is 0.598. The molecule has 1 aromatic carbocycles. The summed E-state index contributed by atoms with van der Waals surface area (Å²) >= 11 is 1.26. The third-order valence-corrected chi connectivity index (χ3v) is 4.33. The highest BCUT2D eigenvalue weighted by Gasteiger charge is 2.16. The second-order valence-electron chi connectivity index (χ2n) is 4.11. The summed E-state index contributed by atoms with van der Waals surface area (Å²) in [5, 5.41) is 14.7. The summed E-state index contributed by atoms with van der Waals surface area (Å²) in [7, 11) is -3.83. The molecule has 5 N–H and O–H groups in total. The van der Waals surface area contributed by atoms with E-state index in [0.29, 0.717) is 10.6 Å². The highest BCUT2D eigenvalue weighted by Crippen LogP contribution is 2.27. The molecule has 0 bridgehead atoms. The zero-order chi connectivity index (χ0) is 16.3. The van der Waals surface area contributed by atoms with Gasteiger partial charge >= 0.3 is 0 Å². The average molecular weight is 336 g/mol. The fraction of sp³-hybridized carbons (Fsp3) is 0.0833. The van der Waals surface area contributed by atoms with Crippen LogP contribution in [0, 0.1) is 11.3 Å². The monoisotopic (exact) mass is 336 g/mol. The third kappa shape index (κ3) is 3.18. The summed E-state index contributed by atoms with van der Waals surface area (Å²) in [6.07, 6.45) is 1.76. The van der Waals surface area contributed by atoms with Crippen molar-refractivity contribution in [1.29, 1.82) is 5.26 Å². The van der Waals surface area contributed by atoms with Gasteiger partial charge in [0.2, 0.25) is 10.0 Å². The molecule has 0 aliphatic rings. The molecular weight excluding hydrogens is 324 g/mol. The van der Waals surface area contributed by atoms with Crippen LogP contribution in [-0.4, -0.2) is 24.6 Å². The Morgan fingerprint density at radius 2 is 2.09 bits per heavy atom. The van der Waals surface area contributed by atoms with Crippen LogP contribution >= 0.6 is 11.8 Å². The van der Waals surface area contributed by atoms with E-state index in [0.717, 1.165) is 0 Å². The number of nitrogens with zero attached hydrogens (tertiary/aromatic N) is 3. The molecule has 0 unspecified atom stereocenters. The molecule has 114 valence electrons. The van der Waals surface area contributed by atoms with E-state index in [1.54, 1.807) is 12.3 Å². The molecule has 0 spiro atoms. The van der Waals surface area contributed by atoms with Crippen LogP contribution in [0.3, 0.4) is 0 Å². The van der Waals surface area contributed by atoms with Crippen LogP contribution in [0.5, 0.6) is 0 Å². The SMILES string of the molecule is CSc1nc(-c2cccc(S(N)(=O)=O)c2)nc(NN)c1C#N. The number of nitrogen functional groups attached to an aromatic ring is 1. The van der Waals surface area contributed by atoms with Crippen molar-refractivity contribution in [3.8, 4) is 17.5 Å². The van der Waals surface area contributed by atoms with Crippen molar-refractivity contribution in [3.63, 3.8) is 0 Å². The maximum Gasteiger partial charge on any atom is 0.238 e. The van der Waals surface area contributed by atoms with Crippen LogP contribution < -0.4 is 16.4 Å². The van der Waals surface area contributed by atoms with E-state index in [2.05, 4.69) is 15.4 Å². The van der Waals surface area contributed by atoms with E-state index in [-0.39, 0.29) is 22.1 Å². The Balaban J connectivity index is 2.66. The molecule has 2 aromatic rings. The molecule has 8 nitrogen and oxygen atoms in total. The van der Waals surface area contributed by atoms with Gasteiger partial charge in [-0.3, -0.25) is 0 Å². The Hall–Kier alpha value is -2.19. The molecule has 0 saturated heterocycles. The molecule has 22 heavy (non-hydrogen) atoms. The van der Waals surface area contributed by atoms with Crippen LogP contribution in [0.15, 0.2) is 34.2 Å². The van der Waals surface area contributed by atoms with Gasteiger partial charge in [0.05, 0.1) is 4.90 Å². The smallest absolute Gasteiger partial charge is 0.238 e. The Labute approximate surface area is 131 Å². The number of primary sulfonamides is 1. The lowest BCUT2D eigenvalue weighted by atomic mass is 10.2. The minimum atomic E-state index is -3.83. The molecule has 0 radical (unpaired) electrons. The quantitative estimate of drug-likeness (QED) is 0.319. The average Bonchev–Trinajstić information content (AvgIpc) is 2.52. The number of hydrogen-bond donors (Lipinski definition) is 3. The van der Waals surface area contributed by atoms with Gasteiger partial charge in [-0.05, 0) is 18.4 Å². The highest BCUT2D eigenvalue weighted by molar-refractivity contribution is 7.98. The van der Waals surface area contributed by atoms with Crippen molar-refractivity contribution in [2.24, 2.45) is 11.0 Å². The zero-order valence-electron chi connectivity index (χ0n) is 11.4. The van der Waals surface area contributed by atoms with Crippen molar-refractivity contribution in [1.82, 2.24) is 9.97 Å². The van der Waals surface area contributed by atoms with E-state index < -0.39 is 10.0 Å². The molecule has 0 fully saturated rings. The Morgan fingerprint density at radius 3 is 2.64 bits per heavy atom. The number of nitriles is 1. The van der Waals surface area contributed by atoms with Crippen molar-refractivity contribution in [2.45, 2.75) is 9.92 Å². The number of thioether (sulfide) groups is 1. The molecule has 1 aromatic heterocycles. The molecule has 0 aliphatic carbocycles. The van der Waals surface area contributed by atoms with Gasteiger partial charge in [-0.2, -0.15) is 5.26 Å². The molecule has 1 heterocycles. The maximum absolute atomic E-state index is 11.4. The highest BCUT2D eigenvalue weighted by atomic mass is 32.2. The van der Waals surface area contributed by atoms with Crippen LogP contribution in [0.4, 0.5) is 5.82 Å². The first-order valence-electron chi connectivity index (χ1n) is 5.86. The maximum atomic E-state index is 11.4. The first-order chi connectivity index (χ1) is 10.4.